The highest BCUT2D eigenvalue weighted by Gasteiger charge is 2.28. The number of benzene rings is 1. The average Bonchev–Trinajstić information content (AvgIpc) is 2.59. The summed E-state index contributed by atoms with van der Waals surface area (Å²) in [4.78, 5) is 25.3. The van der Waals surface area contributed by atoms with Crippen molar-refractivity contribution in [3.05, 3.63) is 24.3 Å². The van der Waals surface area contributed by atoms with Gasteiger partial charge in [-0.05, 0) is 25.0 Å². The Morgan fingerprint density at radius 1 is 1.14 bits per heavy atom. The molecule has 0 bridgehead atoms. The highest BCUT2D eigenvalue weighted by atomic mass is 16.5. The van der Waals surface area contributed by atoms with Gasteiger partial charge in [-0.2, -0.15) is 0 Å². The quantitative estimate of drug-likeness (QED) is 0.771. The topological polar surface area (TPSA) is 65.1 Å². The Hall–Kier alpha value is -2.24. The molecule has 0 spiro atoms. The van der Waals surface area contributed by atoms with Crippen molar-refractivity contribution in [2.45, 2.75) is 12.8 Å². The molecule has 0 N–H and O–H groups in total. The lowest BCUT2D eigenvalue weighted by molar-refractivity contribution is -0.149. The Bertz CT molecular complexity index is 523. The molecule has 1 aromatic rings. The molecule has 6 heteroatoms. The summed E-state index contributed by atoms with van der Waals surface area (Å²) in [6.07, 6.45) is 1.26. The van der Waals surface area contributed by atoms with Crippen molar-refractivity contribution in [3.8, 4) is 11.5 Å². The van der Waals surface area contributed by atoms with Gasteiger partial charge in [0.05, 0.1) is 20.1 Å². The van der Waals surface area contributed by atoms with E-state index in [2.05, 4.69) is 0 Å². The first kappa shape index (κ1) is 16.1. The fourth-order valence-corrected chi connectivity index (χ4v) is 2.50. The van der Waals surface area contributed by atoms with E-state index in [1.54, 1.807) is 24.1 Å². The highest BCUT2D eigenvalue weighted by Crippen LogP contribution is 2.26. The van der Waals surface area contributed by atoms with E-state index in [4.69, 9.17) is 14.2 Å². The van der Waals surface area contributed by atoms with E-state index in [1.165, 1.54) is 7.11 Å². The van der Waals surface area contributed by atoms with Gasteiger partial charge in [0.1, 0.15) is 0 Å². The van der Waals surface area contributed by atoms with Crippen LogP contribution in [-0.4, -0.2) is 50.7 Å². The minimum Gasteiger partial charge on any atom is -0.493 e. The first-order valence-corrected chi connectivity index (χ1v) is 7.27. The first-order valence-electron chi connectivity index (χ1n) is 7.27. The van der Waals surface area contributed by atoms with Crippen LogP contribution in [0.2, 0.25) is 0 Å². The lowest BCUT2D eigenvalue weighted by atomic mass is 9.97. The van der Waals surface area contributed by atoms with Gasteiger partial charge in [0, 0.05) is 13.1 Å². The number of piperidine rings is 1. The number of methoxy groups -OCH3 is 2. The number of hydrogen-bond acceptors (Lipinski definition) is 5. The summed E-state index contributed by atoms with van der Waals surface area (Å²) in [5.74, 6) is 0.748. The third kappa shape index (κ3) is 3.90. The molecule has 22 heavy (non-hydrogen) atoms. The Labute approximate surface area is 129 Å². The van der Waals surface area contributed by atoms with E-state index in [9.17, 15) is 9.59 Å². The molecular weight excluding hydrogens is 286 g/mol. The fourth-order valence-electron chi connectivity index (χ4n) is 2.50. The normalized spacial score (nSPS) is 15.3. The number of carbonyl (C=O) groups is 2. The summed E-state index contributed by atoms with van der Waals surface area (Å²) in [5.41, 5.74) is 0. The molecule has 0 radical (unpaired) electrons. The van der Waals surface area contributed by atoms with Crippen LogP contribution in [-0.2, 0) is 14.3 Å². The predicted octanol–water partition coefficient (Wildman–Crippen LogP) is 1.49. The monoisotopic (exact) mass is 307 g/mol. The summed E-state index contributed by atoms with van der Waals surface area (Å²) in [6.45, 7) is 1.06. The maximum atomic E-state index is 12.2. The Morgan fingerprint density at radius 2 is 1.77 bits per heavy atom. The van der Waals surface area contributed by atoms with Crippen LogP contribution in [0.15, 0.2) is 24.3 Å². The summed E-state index contributed by atoms with van der Waals surface area (Å²) >= 11 is 0. The molecule has 0 aromatic heterocycles. The van der Waals surface area contributed by atoms with Crippen LogP contribution in [0.5, 0.6) is 11.5 Å². The summed E-state index contributed by atoms with van der Waals surface area (Å²) in [6, 6.07) is 7.20. The highest BCUT2D eigenvalue weighted by molar-refractivity contribution is 5.78. The number of likely N-dealkylation sites (tertiary alicyclic amines) is 1. The van der Waals surface area contributed by atoms with Gasteiger partial charge in [-0.25, -0.2) is 0 Å². The predicted molar refractivity (Wildman–Crippen MR) is 79.8 cm³/mol. The van der Waals surface area contributed by atoms with Gasteiger partial charge in [-0.15, -0.1) is 0 Å². The number of para-hydroxylation sites is 2. The average molecular weight is 307 g/mol. The summed E-state index contributed by atoms with van der Waals surface area (Å²) in [5, 5.41) is 0. The number of amides is 1. The number of nitrogens with zero attached hydrogens (tertiary/aromatic N) is 1. The van der Waals surface area contributed by atoms with E-state index in [0.29, 0.717) is 37.4 Å². The molecule has 1 fully saturated rings. The molecule has 1 heterocycles. The Kier molecular flexibility index (Phi) is 5.63. The number of rotatable bonds is 5. The Balaban J connectivity index is 1.82. The van der Waals surface area contributed by atoms with Crippen molar-refractivity contribution < 1.29 is 23.8 Å². The van der Waals surface area contributed by atoms with Gasteiger partial charge in [0.15, 0.2) is 18.1 Å². The minimum absolute atomic E-state index is 0.0384. The number of ether oxygens (including phenoxy) is 3. The van der Waals surface area contributed by atoms with Gasteiger partial charge in [-0.1, -0.05) is 12.1 Å². The molecule has 0 aliphatic carbocycles. The van der Waals surface area contributed by atoms with E-state index < -0.39 is 0 Å². The molecule has 1 aliphatic heterocycles. The van der Waals surface area contributed by atoms with Crippen LogP contribution >= 0.6 is 0 Å². The van der Waals surface area contributed by atoms with Gasteiger partial charge in [0.25, 0.3) is 5.91 Å². The summed E-state index contributed by atoms with van der Waals surface area (Å²) < 4.78 is 15.4. The van der Waals surface area contributed by atoms with Crippen molar-refractivity contribution in [1.29, 1.82) is 0 Å². The molecular formula is C16H21NO5. The van der Waals surface area contributed by atoms with Gasteiger partial charge in [-0.3, -0.25) is 9.59 Å². The lowest BCUT2D eigenvalue weighted by Crippen LogP contribution is -2.42. The van der Waals surface area contributed by atoms with Crippen LogP contribution in [0.1, 0.15) is 12.8 Å². The first-order chi connectivity index (χ1) is 10.7. The summed E-state index contributed by atoms with van der Waals surface area (Å²) in [7, 11) is 2.95. The molecule has 0 atom stereocenters. The molecule has 1 aliphatic rings. The Morgan fingerprint density at radius 3 is 2.36 bits per heavy atom. The fraction of sp³-hybridized carbons (Fsp3) is 0.500. The van der Waals surface area contributed by atoms with Crippen LogP contribution < -0.4 is 9.47 Å². The van der Waals surface area contributed by atoms with Gasteiger partial charge in [0.2, 0.25) is 0 Å². The SMILES string of the molecule is COC(=O)C1CCN(C(=O)COc2ccccc2OC)CC1. The third-order valence-corrected chi connectivity index (χ3v) is 3.80. The minimum atomic E-state index is -0.197. The molecule has 1 aromatic carbocycles. The van der Waals surface area contributed by atoms with Crippen molar-refractivity contribution in [2.75, 3.05) is 33.9 Å². The number of esters is 1. The van der Waals surface area contributed by atoms with E-state index in [0.717, 1.165) is 0 Å². The van der Waals surface area contributed by atoms with Gasteiger partial charge >= 0.3 is 5.97 Å². The second-order valence-electron chi connectivity index (χ2n) is 5.12. The smallest absolute Gasteiger partial charge is 0.308 e. The molecule has 2 rings (SSSR count). The van der Waals surface area contributed by atoms with Crippen LogP contribution in [0.4, 0.5) is 0 Å². The van der Waals surface area contributed by atoms with Crippen LogP contribution in [0.25, 0.3) is 0 Å². The maximum Gasteiger partial charge on any atom is 0.308 e. The van der Waals surface area contributed by atoms with E-state index >= 15 is 0 Å². The van der Waals surface area contributed by atoms with Crippen molar-refractivity contribution in [2.24, 2.45) is 5.92 Å². The van der Waals surface area contributed by atoms with Crippen molar-refractivity contribution in [3.63, 3.8) is 0 Å². The number of hydrogen-bond donors (Lipinski definition) is 0. The second-order valence-corrected chi connectivity index (χ2v) is 5.12. The molecule has 6 nitrogen and oxygen atoms in total. The molecule has 1 amide bonds. The van der Waals surface area contributed by atoms with Crippen LogP contribution in [0, 0.1) is 5.92 Å². The number of carbonyl (C=O) groups excluding carboxylic acids is 2. The van der Waals surface area contributed by atoms with Gasteiger partial charge < -0.3 is 19.1 Å². The molecule has 120 valence electrons. The van der Waals surface area contributed by atoms with Crippen molar-refractivity contribution >= 4 is 11.9 Å². The van der Waals surface area contributed by atoms with Crippen molar-refractivity contribution in [1.82, 2.24) is 4.90 Å². The molecule has 0 unspecified atom stereocenters. The standard InChI is InChI=1S/C16H21NO5/c1-20-13-5-3-4-6-14(13)22-11-15(18)17-9-7-12(8-10-17)16(19)21-2/h3-6,12H,7-11H2,1-2H3. The molecule has 0 saturated carbocycles. The zero-order valence-electron chi connectivity index (χ0n) is 12.9. The van der Waals surface area contributed by atoms with E-state index in [-0.39, 0.29) is 24.4 Å². The largest absolute Gasteiger partial charge is 0.493 e. The zero-order chi connectivity index (χ0) is 15.9. The second kappa shape index (κ2) is 7.68. The maximum absolute atomic E-state index is 12.2. The van der Waals surface area contributed by atoms with Crippen LogP contribution in [0.3, 0.4) is 0 Å². The third-order valence-electron chi connectivity index (χ3n) is 3.80. The van der Waals surface area contributed by atoms with E-state index in [1.807, 2.05) is 12.1 Å². The molecule has 1 saturated heterocycles. The lowest BCUT2D eigenvalue weighted by Gasteiger charge is -2.30. The zero-order valence-corrected chi connectivity index (χ0v) is 12.9.